The van der Waals surface area contributed by atoms with Crippen LogP contribution in [0.25, 0.3) is 0 Å². The van der Waals surface area contributed by atoms with Gasteiger partial charge in [-0.15, -0.1) is 0 Å². The van der Waals surface area contributed by atoms with Crippen molar-refractivity contribution in [3.05, 3.63) is 76.9 Å². The Morgan fingerprint density at radius 1 is 0.838 bits per heavy atom. The summed E-state index contributed by atoms with van der Waals surface area (Å²) in [6.45, 7) is 0. The van der Waals surface area contributed by atoms with E-state index in [9.17, 15) is 18.4 Å². The zero-order valence-electron chi connectivity index (χ0n) is 20.9. The zero-order valence-corrected chi connectivity index (χ0v) is 20.9. The van der Waals surface area contributed by atoms with Crippen molar-refractivity contribution in [2.75, 3.05) is 40.8 Å². The van der Waals surface area contributed by atoms with Crippen LogP contribution in [0.4, 0.5) is 14.5 Å². The molecule has 0 saturated carbocycles. The first kappa shape index (κ1) is 25.7. The van der Waals surface area contributed by atoms with E-state index in [1.165, 1.54) is 39.4 Å². The number of nitrogens with one attached hydrogen (secondary N) is 1. The summed E-state index contributed by atoms with van der Waals surface area (Å²) in [7, 11) is 7.43. The molecule has 37 heavy (non-hydrogen) atoms. The van der Waals surface area contributed by atoms with Crippen LogP contribution in [0.2, 0.25) is 0 Å². The fourth-order valence-electron chi connectivity index (χ4n) is 4.59. The minimum Gasteiger partial charge on any atom is -0.493 e. The Morgan fingerprint density at radius 3 is 2.08 bits per heavy atom. The van der Waals surface area contributed by atoms with Gasteiger partial charge in [0, 0.05) is 18.7 Å². The number of benzene rings is 3. The average molecular weight is 513 g/mol. The van der Waals surface area contributed by atoms with E-state index in [0.29, 0.717) is 40.2 Å². The van der Waals surface area contributed by atoms with E-state index in [4.69, 9.17) is 18.9 Å². The van der Waals surface area contributed by atoms with E-state index in [1.807, 2.05) is 0 Å². The summed E-state index contributed by atoms with van der Waals surface area (Å²) in [5.41, 5.74) is 0.977. The molecule has 3 aromatic carbocycles. The molecule has 0 fully saturated rings. The lowest BCUT2D eigenvalue weighted by Crippen LogP contribution is -2.44. The van der Waals surface area contributed by atoms with Crippen molar-refractivity contribution in [2.24, 2.45) is 0 Å². The average Bonchev–Trinajstić information content (AvgIpc) is 2.90. The van der Waals surface area contributed by atoms with Crippen molar-refractivity contribution in [2.45, 2.75) is 12.0 Å². The summed E-state index contributed by atoms with van der Waals surface area (Å²) >= 11 is 0. The number of hydrogen-bond acceptors (Lipinski definition) is 6. The van der Waals surface area contributed by atoms with Gasteiger partial charge in [0.15, 0.2) is 23.0 Å². The molecule has 0 unspecified atom stereocenters. The quantitative estimate of drug-likeness (QED) is 0.500. The third-order valence-electron chi connectivity index (χ3n) is 6.40. The third-order valence-corrected chi connectivity index (χ3v) is 6.40. The van der Waals surface area contributed by atoms with Gasteiger partial charge in [-0.2, -0.15) is 0 Å². The van der Waals surface area contributed by atoms with Gasteiger partial charge < -0.3 is 29.2 Å². The minimum absolute atomic E-state index is 0.195. The van der Waals surface area contributed by atoms with Gasteiger partial charge in [-0.1, -0.05) is 6.07 Å². The molecule has 0 bridgehead atoms. The lowest BCUT2D eigenvalue weighted by Gasteiger charge is -2.40. The molecule has 1 aliphatic heterocycles. The Labute approximate surface area is 212 Å². The van der Waals surface area contributed by atoms with Crippen molar-refractivity contribution in [1.29, 1.82) is 0 Å². The molecule has 4 rings (SSSR count). The van der Waals surface area contributed by atoms with Crippen LogP contribution in [-0.2, 0) is 4.79 Å². The maximum absolute atomic E-state index is 14.4. The number of carbonyl (C=O) groups is 2. The van der Waals surface area contributed by atoms with Crippen molar-refractivity contribution >= 4 is 17.5 Å². The molecule has 1 heterocycles. The minimum atomic E-state index is -1.01. The van der Waals surface area contributed by atoms with Crippen LogP contribution in [-0.4, -0.2) is 52.2 Å². The number of nitrogens with zero attached hydrogens (tertiary/aromatic N) is 1. The molecule has 0 aliphatic carbocycles. The van der Waals surface area contributed by atoms with Gasteiger partial charge >= 0.3 is 0 Å². The molecule has 3 aromatic rings. The maximum atomic E-state index is 14.4. The van der Waals surface area contributed by atoms with Crippen LogP contribution in [0.5, 0.6) is 23.0 Å². The summed E-state index contributed by atoms with van der Waals surface area (Å²) in [6.07, 6.45) is 0. The van der Waals surface area contributed by atoms with E-state index in [2.05, 4.69) is 5.32 Å². The Balaban J connectivity index is 1.91. The van der Waals surface area contributed by atoms with Crippen LogP contribution in [0.1, 0.15) is 33.4 Å². The molecule has 0 saturated heterocycles. The highest BCUT2D eigenvalue weighted by Gasteiger charge is 2.44. The molecular weight excluding hydrogens is 486 g/mol. The lowest BCUT2D eigenvalue weighted by molar-refractivity contribution is -0.119. The van der Waals surface area contributed by atoms with E-state index in [-0.39, 0.29) is 17.2 Å². The fourth-order valence-corrected chi connectivity index (χ4v) is 4.59. The van der Waals surface area contributed by atoms with Gasteiger partial charge in [0.05, 0.1) is 46.1 Å². The second kappa shape index (κ2) is 10.3. The van der Waals surface area contributed by atoms with E-state index in [1.54, 1.807) is 31.3 Å². The van der Waals surface area contributed by atoms with Gasteiger partial charge in [-0.05, 0) is 47.5 Å². The lowest BCUT2D eigenvalue weighted by atomic mass is 9.79. The summed E-state index contributed by atoms with van der Waals surface area (Å²) in [5, 5.41) is 2.55. The van der Waals surface area contributed by atoms with E-state index < -0.39 is 29.5 Å². The Kier molecular flexibility index (Phi) is 7.19. The zero-order chi connectivity index (χ0) is 26.9. The Bertz CT molecular complexity index is 1360. The predicted octanol–water partition coefficient (Wildman–Crippen LogP) is 4.55. The Morgan fingerprint density at radius 2 is 1.46 bits per heavy atom. The molecule has 1 aliphatic rings. The number of anilines is 1. The summed E-state index contributed by atoms with van der Waals surface area (Å²) < 4.78 is 49.5. The number of hydrogen-bond donors (Lipinski definition) is 1. The standard InChI is InChI=1S/C27H26F2N2O6/c1-31-25(14-6-9-20(34-2)21(10-14)35-3)24(26(32)30-19-8-7-15(28)11-18(19)29)16-12-22(36-4)23(37-5)13-17(16)27(31)33/h6-13,24-25H,1-5H3,(H,30,32)/t24-,25-/m1/s1. The van der Waals surface area contributed by atoms with E-state index in [0.717, 1.165) is 12.1 Å². The van der Waals surface area contributed by atoms with Gasteiger partial charge in [-0.25, -0.2) is 8.78 Å². The molecular formula is C27H26F2N2O6. The number of fused-ring (bicyclic) bond motifs is 1. The van der Waals surface area contributed by atoms with Crippen LogP contribution < -0.4 is 24.3 Å². The fraction of sp³-hybridized carbons (Fsp3) is 0.259. The number of likely N-dealkylation sites (N-methyl/N-ethyl adjacent to an activating group) is 1. The van der Waals surface area contributed by atoms with Crippen LogP contribution in [0.15, 0.2) is 48.5 Å². The second-order valence-electron chi connectivity index (χ2n) is 8.36. The van der Waals surface area contributed by atoms with Crippen molar-refractivity contribution < 1.29 is 37.3 Å². The molecule has 8 nitrogen and oxygen atoms in total. The first-order valence-electron chi connectivity index (χ1n) is 11.2. The molecule has 2 atom stereocenters. The monoisotopic (exact) mass is 512 g/mol. The number of amides is 2. The molecule has 0 radical (unpaired) electrons. The number of methoxy groups -OCH3 is 4. The summed E-state index contributed by atoms with van der Waals surface area (Å²) in [5.74, 6) is -2.18. The predicted molar refractivity (Wildman–Crippen MR) is 132 cm³/mol. The number of ether oxygens (including phenoxy) is 4. The Hall–Kier alpha value is -4.34. The van der Waals surface area contributed by atoms with Crippen molar-refractivity contribution in [3.8, 4) is 23.0 Å². The van der Waals surface area contributed by atoms with Crippen LogP contribution >= 0.6 is 0 Å². The summed E-state index contributed by atoms with van der Waals surface area (Å²) in [6, 6.07) is 10.2. The first-order valence-corrected chi connectivity index (χ1v) is 11.2. The number of halogens is 2. The largest absolute Gasteiger partial charge is 0.493 e. The van der Waals surface area contributed by atoms with Gasteiger partial charge in [0.25, 0.3) is 5.91 Å². The van der Waals surface area contributed by atoms with Gasteiger partial charge in [-0.3, -0.25) is 9.59 Å². The second-order valence-corrected chi connectivity index (χ2v) is 8.36. The van der Waals surface area contributed by atoms with Gasteiger partial charge in [0.1, 0.15) is 11.6 Å². The molecule has 194 valence electrons. The van der Waals surface area contributed by atoms with Gasteiger partial charge in [0.2, 0.25) is 5.91 Å². The van der Waals surface area contributed by atoms with Crippen molar-refractivity contribution in [1.82, 2.24) is 4.90 Å². The van der Waals surface area contributed by atoms with E-state index >= 15 is 0 Å². The molecule has 0 aromatic heterocycles. The molecule has 1 N–H and O–H groups in total. The topological polar surface area (TPSA) is 86.3 Å². The van der Waals surface area contributed by atoms with Crippen molar-refractivity contribution in [3.63, 3.8) is 0 Å². The highest BCUT2D eigenvalue weighted by atomic mass is 19.1. The normalized spacial score (nSPS) is 16.6. The maximum Gasteiger partial charge on any atom is 0.254 e. The van der Waals surface area contributed by atoms with Crippen LogP contribution in [0, 0.1) is 11.6 Å². The highest BCUT2D eigenvalue weighted by Crippen LogP contribution is 2.47. The summed E-state index contributed by atoms with van der Waals surface area (Å²) in [4.78, 5) is 28.7. The first-order chi connectivity index (χ1) is 17.7. The van der Waals surface area contributed by atoms with Crippen LogP contribution in [0.3, 0.4) is 0 Å². The third kappa shape index (κ3) is 4.62. The smallest absolute Gasteiger partial charge is 0.254 e. The molecule has 0 spiro atoms. The molecule has 2 amide bonds. The highest BCUT2D eigenvalue weighted by molar-refractivity contribution is 6.05. The number of carbonyl (C=O) groups excluding carboxylic acids is 2. The number of rotatable bonds is 7. The molecule has 10 heteroatoms. The SMILES string of the molecule is COc1ccc([C@@H]2[C@H](C(=O)Nc3ccc(F)cc3F)c3cc(OC)c(OC)cc3C(=O)N2C)cc1OC.